The lowest BCUT2D eigenvalue weighted by Gasteiger charge is -2.21. The first-order valence-electron chi connectivity index (χ1n) is 9.77. The second-order valence-corrected chi connectivity index (χ2v) is 9.32. The lowest BCUT2D eigenvalue weighted by molar-refractivity contribution is -0.123. The van der Waals surface area contributed by atoms with Gasteiger partial charge >= 0.3 is 0 Å². The molecule has 1 saturated heterocycles. The predicted molar refractivity (Wildman–Crippen MR) is 124 cm³/mol. The minimum atomic E-state index is -0.209. The third-order valence-electron chi connectivity index (χ3n) is 4.89. The van der Waals surface area contributed by atoms with Gasteiger partial charge in [-0.1, -0.05) is 50.8 Å². The number of nitrogens with one attached hydrogen (secondary N) is 1. The fourth-order valence-electron chi connectivity index (χ4n) is 3.05. The van der Waals surface area contributed by atoms with E-state index in [2.05, 4.69) is 19.2 Å². The molecule has 1 atom stereocenters. The van der Waals surface area contributed by atoms with E-state index in [0.717, 1.165) is 12.0 Å². The predicted octanol–water partition coefficient (Wildman–Crippen LogP) is 4.07. The zero-order chi connectivity index (χ0) is 21.3. The number of anilines is 1. The van der Waals surface area contributed by atoms with Crippen LogP contribution in [0.4, 0.5) is 5.82 Å². The number of hydrogen-bond donors (Lipinski definition) is 1. The first kappa shape index (κ1) is 21.5. The molecule has 2 aromatic rings. The molecule has 1 aliphatic rings. The third kappa shape index (κ3) is 4.23. The topological polar surface area (TPSA) is 66.7 Å². The van der Waals surface area contributed by atoms with E-state index in [9.17, 15) is 9.59 Å². The van der Waals surface area contributed by atoms with E-state index in [-0.39, 0.29) is 17.5 Å². The normalized spacial score (nSPS) is 17.0. The van der Waals surface area contributed by atoms with Gasteiger partial charge in [-0.05, 0) is 43.9 Å². The molecule has 29 heavy (non-hydrogen) atoms. The van der Waals surface area contributed by atoms with Crippen molar-refractivity contribution >= 4 is 51.7 Å². The second kappa shape index (κ2) is 8.67. The molecule has 1 N–H and O–H groups in total. The van der Waals surface area contributed by atoms with Gasteiger partial charge in [0.25, 0.3) is 11.5 Å². The van der Waals surface area contributed by atoms with Gasteiger partial charge in [0, 0.05) is 18.8 Å². The number of amides is 1. The van der Waals surface area contributed by atoms with Crippen molar-refractivity contribution in [3.8, 4) is 0 Å². The number of carbonyl (C=O) groups is 1. The summed E-state index contributed by atoms with van der Waals surface area (Å²) >= 11 is 6.65. The fraction of sp³-hybridized carbons (Fsp3) is 0.429. The van der Waals surface area contributed by atoms with Crippen LogP contribution in [0.3, 0.4) is 0 Å². The fourth-order valence-corrected chi connectivity index (χ4v) is 4.49. The Morgan fingerprint density at radius 3 is 2.69 bits per heavy atom. The summed E-state index contributed by atoms with van der Waals surface area (Å²) in [5.41, 5.74) is 1.68. The highest BCUT2D eigenvalue weighted by atomic mass is 32.2. The molecule has 3 heterocycles. The van der Waals surface area contributed by atoms with Gasteiger partial charge in [-0.2, -0.15) is 0 Å². The second-order valence-electron chi connectivity index (χ2n) is 7.65. The van der Waals surface area contributed by atoms with Gasteiger partial charge in [-0.25, -0.2) is 4.98 Å². The summed E-state index contributed by atoms with van der Waals surface area (Å²) in [4.78, 5) is 33.0. The van der Waals surface area contributed by atoms with Crippen molar-refractivity contribution in [2.45, 2.75) is 47.1 Å². The van der Waals surface area contributed by atoms with E-state index in [0.29, 0.717) is 38.7 Å². The average Bonchev–Trinajstić information content (AvgIpc) is 2.96. The highest BCUT2D eigenvalue weighted by molar-refractivity contribution is 8.26. The first-order chi connectivity index (χ1) is 13.7. The molecule has 1 unspecified atom stereocenters. The standard InChI is InChI=1S/C21H26N4O2S2/c1-6-14(5)25-20(27)16(29-21(25)28)10-15-17(22-11-12(2)3)23-18-13(4)8-7-9-24(18)19(15)26/h7-10,12,14,22H,6,11H2,1-5H3/b16-10+. The highest BCUT2D eigenvalue weighted by Gasteiger charge is 2.35. The van der Waals surface area contributed by atoms with Crippen molar-refractivity contribution in [3.05, 3.63) is 44.7 Å². The van der Waals surface area contributed by atoms with Crippen LogP contribution in [0.15, 0.2) is 28.0 Å². The van der Waals surface area contributed by atoms with E-state index >= 15 is 0 Å². The monoisotopic (exact) mass is 430 g/mol. The maximum absolute atomic E-state index is 13.3. The SMILES string of the molecule is CCC(C)N1C(=O)/C(=C\c2c(NCC(C)C)nc3c(C)cccn3c2=O)SC1=S. The maximum atomic E-state index is 13.3. The Morgan fingerprint density at radius 1 is 1.31 bits per heavy atom. The number of nitrogens with zero attached hydrogens (tertiary/aromatic N) is 3. The summed E-state index contributed by atoms with van der Waals surface area (Å²) in [5.74, 6) is 0.716. The van der Waals surface area contributed by atoms with Gasteiger partial charge in [0.1, 0.15) is 15.8 Å². The lowest BCUT2D eigenvalue weighted by atomic mass is 10.2. The molecule has 6 nitrogen and oxygen atoms in total. The summed E-state index contributed by atoms with van der Waals surface area (Å²) < 4.78 is 2.05. The van der Waals surface area contributed by atoms with Gasteiger partial charge in [0.2, 0.25) is 0 Å². The van der Waals surface area contributed by atoms with Crippen LogP contribution < -0.4 is 10.9 Å². The van der Waals surface area contributed by atoms with E-state index in [1.54, 1.807) is 17.2 Å². The van der Waals surface area contributed by atoms with Crippen LogP contribution in [-0.2, 0) is 4.79 Å². The summed E-state index contributed by atoms with van der Waals surface area (Å²) in [6, 6.07) is 3.76. The quantitative estimate of drug-likeness (QED) is 0.550. The number of aryl methyl sites for hydroxylation is 1. The Hall–Kier alpha value is -2.19. The van der Waals surface area contributed by atoms with Crippen molar-refractivity contribution in [1.82, 2.24) is 14.3 Å². The van der Waals surface area contributed by atoms with Gasteiger partial charge in [0.15, 0.2) is 0 Å². The van der Waals surface area contributed by atoms with Crippen LogP contribution in [0.25, 0.3) is 11.7 Å². The van der Waals surface area contributed by atoms with Crippen LogP contribution in [-0.4, -0.2) is 37.1 Å². The van der Waals surface area contributed by atoms with Crippen LogP contribution in [0.2, 0.25) is 0 Å². The summed E-state index contributed by atoms with van der Waals surface area (Å²) in [5, 5.41) is 3.28. The van der Waals surface area contributed by atoms with E-state index in [4.69, 9.17) is 17.2 Å². The number of fused-ring (bicyclic) bond motifs is 1. The van der Waals surface area contributed by atoms with Gasteiger partial charge in [-0.3, -0.25) is 18.9 Å². The first-order valence-corrected chi connectivity index (χ1v) is 11.0. The van der Waals surface area contributed by atoms with E-state index in [1.165, 1.54) is 16.2 Å². The number of aromatic nitrogens is 2. The molecule has 1 amide bonds. The number of pyridine rings is 1. The Labute approximate surface area is 180 Å². The highest BCUT2D eigenvalue weighted by Crippen LogP contribution is 2.34. The van der Waals surface area contributed by atoms with Crippen LogP contribution in [0, 0.1) is 12.8 Å². The minimum absolute atomic E-state index is 0.0189. The van der Waals surface area contributed by atoms with Crippen LogP contribution >= 0.6 is 24.0 Å². The van der Waals surface area contributed by atoms with Crippen molar-refractivity contribution in [2.24, 2.45) is 5.92 Å². The molecule has 1 aliphatic heterocycles. The van der Waals surface area contributed by atoms with Gasteiger partial charge < -0.3 is 5.32 Å². The van der Waals surface area contributed by atoms with Crippen molar-refractivity contribution < 1.29 is 4.79 Å². The summed E-state index contributed by atoms with van der Waals surface area (Å²) in [6.45, 7) is 10.8. The van der Waals surface area contributed by atoms with Crippen LogP contribution in [0.1, 0.15) is 45.2 Å². The van der Waals surface area contributed by atoms with Crippen molar-refractivity contribution in [1.29, 1.82) is 0 Å². The molecule has 0 saturated carbocycles. The molecule has 1 fully saturated rings. The molecule has 8 heteroatoms. The molecule has 2 aromatic heterocycles. The zero-order valence-electron chi connectivity index (χ0n) is 17.4. The van der Waals surface area contributed by atoms with Gasteiger partial charge in [0.05, 0.1) is 10.5 Å². The molecule has 0 aliphatic carbocycles. The third-order valence-corrected chi connectivity index (χ3v) is 6.22. The van der Waals surface area contributed by atoms with Gasteiger partial charge in [-0.15, -0.1) is 0 Å². The molecule has 0 aromatic carbocycles. The number of thiocarbonyl (C=S) groups is 1. The Kier molecular flexibility index (Phi) is 6.43. The molecular weight excluding hydrogens is 404 g/mol. The molecule has 0 spiro atoms. The minimum Gasteiger partial charge on any atom is -0.369 e. The molecule has 154 valence electrons. The Morgan fingerprint density at radius 2 is 2.03 bits per heavy atom. The van der Waals surface area contributed by atoms with Crippen molar-refractivity contribution in [2.75, 3.05) is 11.9 Å². The largest absolute Gasteiger partial charge is 0.369 e. The van der Waals surface area contributed by atoms with Crippen molar-refractivity contribution in [3.63, 3.8) is 0 Å². The summed E-state index contributed by atoms with van der Waals surface area (Å²) in [6.07, 6.45) is 4.14. The summed E-state index contributed by atoms with van der Waals surface area (Å²) in [7, 11) is 0. The molecule has 0 radical (unpaired) electrons. The number of hydrogen-bond acceptors (Lipinski definition) is 6. The smallest absolute Gasteiger partial charge is 0.267 e. The molecular formula is C21H26N4O2S2. The maximum Gasteiger partial charge on any atom is 0.267 e. The zero-order valence-corrected chi connectivity index (χ0v) is 19.0. The number of thioether (sulfide) groups is 1. The molecule has 0 bridgehead atoms. The van der Waals surface area contributed by atoms with Crippen LogP contribution in [0.5, 0.6) is 0 Å². The number of carbonyl (C=O) groups excluding carboxylic acids is 1. The average molecular weight is 431 g/mol. The molecule has 3 rings (SSSR count). The lowest BCUT2D eigenvalue weighted by Crippen LogP contribution is -2.36. The van der Waals surface area contributed by atoms with E-state index < -0.39 is 0 Å². The Balaban J connectivity index is 2.15. The van der Waals surface area contributed by atoms with E-state index in [1.807, 2.05) is 32.9 Å². The Bertz CT molecular complexity index is 1060. The number of rotatable bonds is 6.